The number of hydrogen-bond acceptors (Lipinski definition) is 3. The maximum Gasteiger partial charge on any atom is 0.240 e. The summed E-state index contributed by atoms with van der Waals surface area (Å²) in [6.07, 6.45) is 1.65. The van der Waals surface area contributed by atoms with Gasteiger partial charge in [-0.05, 0) is 53.3 Å². The van der Waals surface area contributed by atoms with Crippen LogP contribution in [0.3, 0.4) is 0 Å². The summed E-state index contributed by atoms with van der Waals surface area (Å²) in [6.45, 7) is 2.32. The lowest BCUT2D eigenvalue weighted by Crippen LogP contribution is -2.39. The van der Waals surface area contributed by atoms with Gasteiger partial charge in [0.1, 0.15) is 0 Å². The Hall–Kier alpha value is -0.180. The van der Waals surface area contributed by atoms with Crippen LogP contribution < -0.4 is 10.5 Å². The second kappa shape index (κ2) is 6.67. The van der Waals surface area contributed by atoms with Crippen LogP contribution in [0.15, 0.2) is 29.2 Å². The number of rotatable bonds is 6. The molecule has 0 aliphatic heterocycles. The summed E-state index contributed by atoms with van der Waals surface area (Å²) in [5.74, 6) is 0. The molecule has 0 bridgehead atoms. The lowest BCUT2D eigenvalue weighted by Gasteiger charge is -2.16. The van der Waals surface area contributed by atoms with Gasteiger partial charge in [0.2, 0.25) is 10.0 Å². The first-order valence-corrected chi connectivity index (χ1v) is 8.03. The first kappa shape index (κ1) is 14.9. The van der Waals surface area contributed by atoms with Gasteiger partial charge in [0.05, 0.1) is 4.90 Å². The molecule has 0 fully saturated rings. The Morgan fingerprint density at radius 3 is 2.41 bits per heavy atom. The molecule has 0 heterocycles. The summed E-state index contributed by atoms with van der Waals surface area (Å²) in [6, 6.07) is 6.55. The largest absolute Gasteiger partial charge is 0.329 e. The molecule has 1 unspecified atom stereocenters. The average molecular weight is 368 g/mol. The van der Waals surface area contributed by atoms with Crippen LogP contribution in [0.2, 0.25) is 0 Å². The Morgan fingerprint density at radius 1 is 1.35 bits per heavy atom. The molecule has 0 saturated carbocycles. The van der Waals surface area contributed by atoms with E-state index in [-0.39, 0.29) is 10.9 Å². The SMILES string of the molecule is CCCC(CN)NS(=O)(=O)c1ccc(I)cc1. The summed E-state index contributed by atoms with van der Waals surface area (Å²) < 4.78 is 27.7. The van der Waals surface area contributed by atoms with E-state index in [1.165, 1.54) is 0 Å². The molecule has 1 atom stereocenters. The highest BCUT2D eigenvalue weighted by atomic mass is 127. The van der Waals surface area contributed by atoms with E-state index in [0.717, 1.165) is 16.4 Å². The number of nitrogens with one attached hydrogen (secondary N) is 1. The normalized spacial score (nSPS) is 13.6. The van der Waals surface area contributed by atoms with Crippen LogP contribution in [0, 0.1) is 3.57 Å². The lowest BCUT2D eigenvalue weighted by atomic mass is 10.2. The molecule has 0 amide bonds. The lowest BCUT2D eigenvalue weighted by molar-refractivity contribution is 0.527. The monoisotopic (exact) mass is 368 g/mol. The fraction of sp³-hybridized carbons (Fsp3) is 0.455. The molecule has 96 valence electrons. The van der Waals surface area contributed by atoms with Crippen molar-refractivity contribution in [3.63, 3.8) is 0 Å². The van der Waals surface area contributed by atoms with Crippen molar-refractivity contribution >= 4 is 32.6 Å². The molecule has 0 saturated heterocycles. The quantitative estimate of drug-likeness (QED) is 0.751. The minimum atomic E-state index is -3.44. The van der Waals surface area contributed by atoms with Gasteiger partial charge in [0.15, 0.2) is 0 Å². The maximum absolute atomic E-state index is 12.0. The van der Waals surface area contributed by atoms with E-state index in [2.05, 4.69) is 27.3 Å². The van der Waals surface area contributed by atoms with Crippen LogP contribution >= 0.6 is 22.6 Å². The second-order valence-electron chi connectivity index (χ2n) is 3.80. The first-order valence-electron chi connectivity index (χ1n) is 5.47. The zero-order chi connectivity index (χ0) is 12.9. The summed E-state index contributed by atoms with van der Waals surface area (Å²) >= 11 is 2.14. The Labute approximate surface area is 116 Å². The number of sulfonamides is 1. The van der Waals surface area contributed by atoms with Crippen LogP contribution in [0.5, 0.6) is 0 Å². The van der Waals surface area contributed by atoms with Gasteiger partial charge >= 0.3 is 0 Å². The fourth-order valence-corrected chi connectivity index (χ4v) is 3.12. The van der Waals surface area contributed by atoms with Crippen molar-refractivity contribution < 1.29 is 8.42 Å². The van der Waals surface area contributed by atoms with Crippen molar-refractivity contribution in [2.45, 2.75) is 30.7 Å². The van der Waals surface area contributed by atoms with Crippen LogP contribution in [-0.4, -0.2) is 21.0 Å². The molecule has 0 aromatic heterocycles. The number of nitrogens with two attached hydrogens (primary N) is 1. The molecule has 1 aromatic carbocycles. The van der Waals surface area contributed by atoms with Gasteiger partial charge in [-0.15, -0.1) is 0 Å². The molecular formula is C11H17IN2O2S. The second-order valence-corrected chi connectivity index (χ2v) is 6.76. The molecule has 17 heavy (non-hydrogen) atoms. The third kappa shape index (κ3) is 4.53. The van der Waals surface area contributed by atoms with Crippen LogP contribution in [0.4, 0.5) is 0 Å². The van der Waals surface area contributed by atoms with Gasteiger partial charge in [-0.2, -0.15) is 0 Å². The van der Waals surface area contributed by atoms with E-state index in [9.17, 15) is 8.42 Å². The zero-order valence-corrected chi connectivity index (χ0v) is 12.7. The molecule has 1 rings (SSSR count). The van der Waals surface area contributed by atoms with Crippen molar-refractivity contribution in [2.24, 2.45) is 5.73 Å². The van der Waals surface area contributed by atoms with Crippen molar-refractivity contribution in [2.75, 3.05) is 6.54 Å². The highest BCUT2D eigenvalue weighted by molar-refractivity contribution is 14.1. The third-order valence-electron chi connectivity index (χ3n) is 2.37. The summed E-state index contributed by atoms with van der Waals surface area (Å²) in [5.41, 5.74) is 5.54. The molecule has 0 aliphatic carbocycles. The molecule has 0 spiro atoms. The minimum Gasteiger partial charge on any atom is -0.329 e. The van der Waals surface area contributed by atoms with Gasteiger partial charge in [-0.1, -0.05) is 13.3 Å². The predicted octanol–water partition coefficient (Wildman–Crippen LogP) is 1.70. The fourth-order valence-electron chi connectivity index (χ4n) is 1.47. The average Bonchev–Trinajstić information content (AvgIpc) is 2.28. The molecule has 1 aromatic rings. The van der Waals surface area contributed by atoms with Crippen molar-refractivity contribution in [1.29, 1.82) is 0 Å². The topological polar surface area (TPSA) is 72.2 Å². The van der Waals surface area contributed by atoms with Crippen molar-refractivity contribution in [3.8, 4) is 0 Å². The van der Waals surface area contributed by atoms with Gasteiger partial charge < -0.3 is 5.73 Å². The smallest absolute Gasteiger partial charge is 0.240 e. The highest BCUT2D eigenvalue weighted by Crippen LogP contribution is 2.12. The zero-order valence-electron chi connectivity index (χ0n) is 9.69. The standard InChI is InChI=1S/C11H17IN2O2S/c1-2-3-10(8-13)14-17(15,16)11-6-4-9(12)5-7-11/h4-7,10,14H,2-3,8,13H2,1H3. The van der Waals surface area contributed by atoms with Gasteiger partial charge in [0, 0.05) is 16.2 Å². The predicted molar refractivity (Wildman–Crippen MR) is 77.2 cm³/mol. The van der Waals surface area contributed by atoms with E-state index >= 15 is 0 Å². The molecule has 4 nitrogen and oxygen atoms in total. The van der Waals surface area contributed by atoms with E-state index in [1.807, 2.05) is 6.92 Å². The minimum absolute atomic E-state index is 0.190. The Balaban J connectivity index is 2.84. The molecular weight excluding hydrogens is 351 g/mol. The Kier molecular flexibility index (Phi) is 5.84. The van der Waals surface area contributed by atoms with Crippen molar-refractivity contribution in [1.82, 2.24) is 4.72 Å². The van der Waals surface area contributed by atoms with Gasteiger partial charge in [-0.25, -0.2) is 13.1 Å². The van der Waals surface area contributed by atoms with Crippen molar-refractivity contribution in [3.05, 3.63) is 27.8 Å². The summed E-state index contributed by atoms with van der Waals surface area (Å²) in [7, 11) is -3.44. The Morgan fingerprint density at radius 2 is 1.94 bits per heavy atom. The Bertz CT molecular complexity index is 445. The van der Waals surface area contributed by atoms with Crippen LogP contribution in [0.1, 0.15) is 19.8 Å². The summed E-state index contributed by atoms with van der Waals surface area (Å²) in [4.78, 5) is 0.285. The summed E-state index contributed by atoms with van der Waals surface area (Å²) in [5, 5.41) is 0. The molecule has 0 radical (unpaired) electrons. The van der Waals surface area contributed by atoms with E-state index in [1.54, 1.807) is 24.3 Å². The third-order valence-corrected chi connectivity index (χ3v) is 4.62. The van der Waals surface area contributed by atoms with E-state index in [4.69, 9.17) is 5.73 Å². The van der Waals surface area contributed by atoms with Crippen LogP contribution in [-0.2, 0) is 10.0 Å². The first-order chi connectivity index (χ1) is 7.99. The van der Waals surface area contributed by atoms with Gasteiger partial charge in [0.25, 0.3) is 0 Å². The molecule has 6 heteroatoms. The molecule has 3 N–H and O–H groups in total. The maximum atomic E-state index is 12.0. The molecule has 0 aliphatic rings. The number of hydrogen-bond donors (Lipinski definition) is 2. The van der Waals surface area contributed by atoms with Crippen LogP contribution in [0.25, 0.3) is 0 Å². The van der Waals surface area contributed by atoms with E-state index < -0.39 is 10.0 Å². The van der Waals surface area contributed by atoms with Gasteiger partial charge in [-0.3, -0.25) is 0 Å². The van der Waals surface area contributed by atoms with E-state index in [0.29, 0.717) is 6.54 Å². The highest BCUT2D eigenvalue weighted by Gasteiger charge is 2.18. The number of halogens is 1. The number of benzene rings is 1.